The first-order valence-electron chi connectivity index (χ1n) is 5.51. The van der Waals surface area contributed by atoms with Gasteiger partial charge < -0.3 is 5.73 Å². The Balaban J connectivity index is 2.56. The van der Waals surface area contributed by atoms with Crippen LogP contribution in [0.2, 0.25) is 0 Å². The smallest absolute Gasteiger partial charge is 0.257 e. The standard InChI is InChI=1S/C12H16N2O2S/c1-8(2)6-9-4-3-5-11-12(9)10(13)7-17(15,16)14-11/h3-5,7-8,14H,6,13H2,1-2H3. The Kier molecular flexibility index (Phi) is 2.87. The number of sulfonamides is 1. The molecule has 0 saturated heterocycles. The van der Waals surface area contributed by atoms with Crippen LogP contribution in [0.1, 0.15) is 25.0 Å². The summed E-state index contributed by atoms with van der Waals surface area (Å²) in [5.74, 6) is 0.493. The molecule has 17 heavy (non-hydrogen) atoms. The Hall–Kier alpha value is -1.49. The third kappa shape index (κ3) is 2.44. The summed E-state index contributed by atoms with van der Waals surface area (Å²) in [7, 11) is -3.43. The molecular formula is C12H16N2O2S. The molecule has 0 aromatic heterocycles. The Morgan fingerprint density at radius 1 is 1.35 bits per heavy atom. The molecule has 1 aromatic rings. The van der Waals surface area contributed by atoms with Crippen LogP contribution in [0, 0.1) is 5.92 Å². The highest BCUT2D eigenvalue weighted by Crippen LogP contribution is 2.31. The summed E-state index contributed by atoms with van der Waals surface area (Å²) < 4.78 is 25.5. The lowest BCUT2D eigenvalue weighted by Crippen LogP contribution is -2.20. The fraction of sp³-hybridized carbons (Fsp3) is 0.333. The maximum absolute atomic E-state index is 11.5. The molecule has 5 heteroatoms. The fourth-order valence-electron chi connectivity index (χ4n) is 2.04. The number of benzene rings is 1. The molecular weight excluding hydrogens is 236 g/mol. The highest BCUT2D eigenvalue weighted by atomic mass is 32.2. The van der Waals surface area contributed by atoms with E-state index in [0.29, 0.717) is 17.3 Å². The molecule has 0 aliphatic carbocycles. The first-order chi connectivity index (χ1) is 7.89. The van der Waals surface area contributed by atoms with Gasteiger partial charge in [-0.2, -0.15) is 0 Å². The maximum Gasteiger partial charge on any atom is 0.257 e. The number of rotatable bonds is 2. The summed E-state index contributed by atoms with van der Waals surface area (Å²) in [6, 6.07) is 5.56. The first-order valence-corrected chi connectivity index (χ1v) is 7.06. The van der Waals surface area contributed by atoms with Crippen LogP contribution >= 0.6 is 0 Å². The minimum atomic E-state index is -3.43. The number of hydrogen-bond acceptors (Lipinski definition) is 3. The van der Waals surface area contributed by atoms with E-state index in [4.69, 9.17) is 5.73 Å². The van der Waals surface area contributed by atoms with Gasteiger partial charge in [0.05, 0.1) is 16.8 Å². The molecule has 0 fully saturated rings. The van der Waals surface area contributed by atoms with Gasteiger partial charge in [-0.3, -0.25) is 4.72 Å². The average Bonchev–Trinajstić information content (AvgIpc) is 2.13. The second-order valence-electron chi connectivity index (χ2n) is 4.66. The van der Waals surface area contributed by atoms with Gasteiger partial charge in [0.25, 0.3) is 10.0 Å². The Bertz CT molecular complexity index is 574. The summed E-state index contributed by atoms with van der Waals surface area (Å²) in [5.41, 5.74) is 8.62. The molecule has 0 atom stereocenters. The first kappa shape index (κ1) is 12.0. The van der Waals surface area contributed by atoms with Gasteiger partial charge in [0.15, 0.2) is 0 Å². The van der Waals surface area contributed by atoms with E-state index in [-0.39, 0.29) is 0 Å². The largest absolute Gasteiger partial charge is 0.398 e. The maximum atomic E-state index is 11.5. The lowest BCUT2D eigenvalue weighted by atomic mass is 9.95. The molecule has 0 radical (unpaired) electrons. The summed E-state index contributed by atoms with van der Waals surface area (Å²) in [6.07, 6.45) is 0.874. The summed E-state index contributed by atoms with van der Waals surface area (Å²) in [4.78, 5) is 0. The van der Waals surface area contributed by atoms with Crippen LogP contribution in [0.3, 0.4) is 0 Å². The average molecular weight is 252 g/mol. The van der Waals surface area contributed by atoms with Crippen LogP contribution in [-0.4, -0.2) is 8.42 Å². The molecule has 2 rings (SSSR count). The van der Waals surface area contributed by atoms with Crippen molar-refractivity contribution in [1.82, 2.24) is 0 Å². The van der Waals surface area contributed by atoms with Crippen molar-refractivity contribution in [1.29, 1.82) is 0 Å². The van der Waals surface area contributed by atoms with Crippen molar-refractivity contribution in [3.63, 3.8) is 0 Å². The van der Waals surface area contributed by atoms with Crippen LogP contribution in [0.5, 0.6) is 0 Å². The van der Waals surface area contributed by atoms with Gasteiger partial charge >= 0.3 is 0 Å². The van der Waals surface area contributed by atoms with E-state index in [9.17, 15) is 8.42 Å². The summed E-state index contributed by atoms with van der Waals surface area (Å²) in [6.45, 7) is 4.23. The van der Waals surface area contributed by atoms with Gasteiger partial charge in [-0.05, 0) is 24.0 Å². The summed E-state index contributed by atoms with van der Waals surface area (Å²) in [5, 5.41) is 1.08. The second-order valence-corrected chi connectivity index (χ2v) is 6.19. The number of nitrogens with two attached hydrogens (primary N) is 1. The molecule has 3 N–H and O–H groups in total. The zero-order valence-corrected chi connectivity index (χ0v) is 10.7. The van der Waals surface area contributed by atoms with Gasteiger partial charge in [-0.1, -0.05) is 26.0 Å². The van der Waals surface area contributed by atoms with Crippen molar-refractivity contribution in [2.75, 3.05) is 4.72 Å². The second kappa shape index (κ2) is 4.07. The van der Waals surface area contributed by atoms with Crippen LogP contribution in [-0.2, 0) is 16.4 Å². The Labute approximate surface area is 102 Å². The van der Waals surface area contributed by atoms with Gasteiger partial charge in [-0.15, -0.1) is 0 Å². The predicted octanol–water partition coefficient (Wildman–Crippen LogP) is 1.90. The van der Waals surface area contributed by atoms with Gasteiger partial charge in [0, 0.05) is 5.56 Å². The highest BCUT2D eigenvalue weighted by Gasteiger charge is 2.21. The molecule has 1 aliphatic rings. The minimum Gasteiger partial charge on any atom is -0.398 e. The van der Waals surface area contributed by atoms with Gasteiger partial charge in [0.2, 0.25) is 0 Å². The van der Waals surface area contributed by atoms with Crippen LogP contribution in [0.15, 0.2) is 23.6 Å². The number of fused-ring (bicyclic) bond motifs is 1. The molecule has 0 bridgehead atoms. The number of hydrogen-bond donors (Lipinski definition) is 2. The topological polar surface area (TPSA) is 72.2 Å². The molecule has 0 amide bonds. The van der Waals surface area contributed by atoms with Crippen LogP contribution in [0.4, 0.5) is 5.69 Å². The normalized spacial score (nSPS) is 17.2. The van der Waals surface area contributed by atoms with Gasteiger partial charge in [-0.25, -0.2) is 8.42 Å². The van der Waals surface area contributed by atoms with E-state index in [1.165, 1.54) is 0 Å². The van der Waals surface area contributed by atoms with Crippen molar-refractivity contribution < 1.29 is 8.42 Å². The molecule has 1 heterocycles. The van der Waals surface area contributed by atoms with Crippen LogP contribution < -0.4 is 10.5 Å². The lowest BCUT2D eigenvalue weighted by molar-refractivity contribution is 0.609. The van der Waals surface area contributed by atoms with E-state index in [1.54, 1.807) is 6.07 Å². The summed E-state index contributed by atoms with van der Waals surface area (Å²) >= 11 is 0. The van der Waals surface area contributed by atoms with Crippen molar-refractivity contribution in [2.24, 2.45) is 11.7 Å². The molecule has 1 aromatic carbocycles. The van der Waals surface area contributed by atoms with Crippen LogP contribution in [0.25, 0.3) is 5.70 Å². The molecule has 92 valence electrons. The monoisotopic (exact) mass is 252 g/mol. The fourth-order valence-corrected chi connectivity index (χ4v) is 3.03. The van der Waals surface area contributed by atoms with Crippen molar-refractivity contribution in [3.05, 3.63) is 34.7 Å². The Morgan fingerprint density at radius 2 is 2.06 bits per heavy atom. The van der Waals surface area contributed by atoms with Crippen molar-refractivity contribution >= 4 is 21.4 Å². The Morgan fingerprint density at radius 3 is 2.71 bits per heavy atom. The lowest BCUT2D eigenvalue weighted by Gasteiger charge is -2.20. The van der Waals surface area contributed by atoms with Crippen molar-refractivity contribution in [2.45, 2.75) is 20.3 Å². The van der Waals surface area contributed by atoms with E-state index in [1.807, 2.05) is 12.1 Å². The highest BCUT2D eigenvalue weighted by molar-refractivity contribution is 7.95. The number of nitrogens with one attached hydrogen (secondary N) is 1. The van der Waals surface area contributed by atoms with Crippen molar-refractivity contribution in [3.8, 4) is 0 Å². The molecule has 0 spiro atoms. The minimum absolute atomic E-state index is 0.315. The zero-order valence-electron chi connectivity index (χ0n) is 9.90. The van der Waals surface area contributed by atoms with E-state index in [0.717, 1.165) is 23.0 Å². The molecule has 0 unspecified atom stereocenters. The third-order valence-electron chi connectivity index (χ3n) is 2.60. The quantitative estimate of drug-likeness (QED) is 0.844. The molecule has 4 nitrogen and oxygen atoms in total. The zero-order chi connectivity index (χ0) is 12.6. The SMILES string of the molecule is CC(C)Cc1cccc2c1C(N)=CS(=O)(=O)N2. The third-order valence-corrected chi connectivity index (χ3v) is 3.67. The van der Waals surface area contributed by atoms with E-state index < -0.39 is 10.0 Å². The van der Waals surface area contributed by atoms with E-state index >= 15 is 0 Å². The number of anilines is 1. The van der Waals surface area contributed by atoms with Gasteiger partial charge in [0.1, 0.15) is 0 Å². The van der Waals surface area contributed by atoms with E-state index in [2.05, 4.69) is 18.6 Å². The molecule has 0 saturated carbocycles. The molecule has 1 aliphatic heterocycles. The predicted molar refractivity (Wildman–Crippen MR) is 69.7 cm³/mol.